The maximum Gasteiger partial charge on any atom is 0.374 e. The first kappa shape index (κ1) is 18.5. The van der Waals surface area contributed by atoms with Gasteiger partial charge in [-0.3, -0.25) is 0 Å². The van der Waals surface area contributed by atoms with Crippen molar-refractivity contribution in [3.8, 4) is 0 Å². The van der Waals surface area contributed by atoms with Gasteiger partial charge in [-0.2, -0.15) is 5.10 Å². The zero-order chi connectivity index (χ0) is 18.1. The van der Waals surface area contributed by atoms with Crippen LogP contribution in [0.5, 0.6) is 0 Å². The Kier molecular flexibility index (Phi) is 5.29. The topological polar surface area (TPSA) is 77.2 Å². The lowest BCUT2D eigenvalue weighted by atomic mass is 9.89. The first-order chi connectivity index (χ1) is 11.9. The van der Waals surface area contributed by atoms with E-state index in [1.807, 2.05) is 18.2 Å². The number of rotatable bonds is 6. The predicted molar refractivity (Wildman–Crippen MR) is 96.2 cm³/mol. The molecule has 25 heavy (non-hydrogen) atoms. The molecule has 3 rings (SSSR count). The molecular weight excluding hydrogens is 385 g/mol. The van der Waals surface area contributed by atoms with Crippen molar-refractivity contribution in [2.24, 2.45) is 0 Å². The summed E-state index contributed by atoms with van der Waals surface area (Å²) in [5.74, 6) is 0. The van der Waals surface area contributed by atoms with Gasteiger partial charge in [-0.05, 0) is 24.5 Å². The van der Waals surface area contributed by atoms with Crippen LogP contribution in [0.25, 0.3) is 0 Å². The molecule has 0 aliphatic heterocycles. The van der Waals surface area contributed by atoms with Crippen molar-refractivity contribution < 1.29 is 14.6 Å². The smallest absolute Gasteiger partial charge is 0.374 e. The number of hydrogen-bond acceptors (Lipinski definition) is 6. The van der Waals surface area contributed by atoms with Crippen LogP contribution in [0.3, 0.4) is 0 Å². The molecule has 0 spiro atoms. The molecule has 1 aromatic heterocycles. The molecule has 0 radical (unpaired) electrons. The maximum atomic E-state index is 11.5. The van der Waals surface area contributed by atoms with Crippen molar-refractivity contribution in [1.82, 2.24) is 14.8 Å². The highest BCUT2D eigenvalue weighted by Gasteiger charge is 2.58. The lowest BCUT2D eigenvalue weighted by Crippen LogP contribution is -2.47. The van der Waals surface area contributed by atoms with E-state index in [0.29, 0.717) is 23.0 Å². The van der Waals surface area contributed by atoms with Crippen LogP contribution in [-0.4, -0.2) is 42.8 Å². The largest absolute Gasteiger partial charge is 0.461 e. The van der Waals surface area contributed by atoms with Crippen LogP contribution in [0.2, 0.25) is 5.02 Å². The van der Waals surface area contributed by atoms with Crippen LogP contribution in [0, 0.1) is 0 Å². The first-order valence-electron chi connectivity index (χ1n) is 7.65. The zero-order valence-corrected chi connectivity index (χ0v) is 15.8. The van der Waals surface area contributed by atoms with Crippen molar-refractivity contribution in [3.05, 3.63) is 41.2 Å². The molecule has 6 nitrogen and oxygen atoms in total. The van der Waals surface area contributed by atoms with E-state index in [4.69, 9.17) is 23.2 Å². The molecule has 9 heteroatoms. The standard InChI is InChI=1S/C16H17Cl2N3O3S/c1-24-14(22)25-13-19-10-20-21(13)9-16(23,15(18)6-7-15)8-11-4-2-3-5-12(11)17/h2-5,10,23H,6-9H2,1H3. The number of carbonyl (C=O) groups excluding carboxylic acids is 1. The Labute approximate surface area is 159 Å². The Morgan fingerprint density at radius 1 is 1.48 bits per heavy atom. The van der Waals surface area contributed by atoms with Gasteiger partial charge in [0.15, 0.2) is 5.16 Å². The molecular formula is C16H17Cl2N3O3S. The fraction of sp³-hybridized carbons (Fsp3) is 0.438. The van der Waals surface area contributed by atoms with Gasteiger partial charge in [0.05, 0.1) is 18.5 Å². The molecule has 1 N–H and O–H groups in total. The van der Waals surface area contributed by atoms with Gasteiger partial charge in [-0.25, -0.2) is 14.5 Å². The molecule has 1 unspecified atom stereocenters. The van der Waals surface area contributed by atoms with Gasteiger partial charge in [0.2, 0.25) is 0 Å². The summed E-state index contributed by atoms with van der Waals surface area (Å²) in [6, 6.07) is 7.34. The molecule has 0 bridgehead atoms. The van der Waals surface area contributed by atoms with Crippen LogP contribution in [0.15, 0.2) is 35.7 Å². The lowest BCUT2D eigenvalue weighted by Gasteiger charge is -2.33. The highest BCUT2D eigenvalue weighted by Crippen LogP contribution is 2.53. The Balaban J connectivity index is 1.87. The van der Waals surface area contributed by atoms with Gasteiger partial charge in [0.25, 0.3) is 0 Å². The van der Waals surface area contributed by atoms with E-state index in [9.17, 15) is 9.90 Å². The van der Waals surface area contributed by atoms with Crippen LogP contribution >= 0.6 is 35.0 Å². The number of alkyl halides is 1. The molecule has 1 heterocycles. The third-order valence-corrected chi connectivity index (χ3v) is 6.23. The summed E-state index contributed by atoms with van der Waals surface area (Å²) < 4.78 is 6.11. The zero-order valence-electron chi connectivity index (χ0n) is 13.5. The summed E-state index contributed by atoms with van der Waals surface area (Å²) in [5.41, 5.74) is -0.473. The summed E-state index contributed by atoms with van der Waals surface area (Å²) in [5, 5.41) is 15.9. The van der Waals surface area contributed by atoms with Gasteiger partial charge in [-0.15, -0.1) is 11.6 Å². The molecule has 1 atom stereocenters. The fourth-order valence-electron chi connectivity index (χ4n) is 2.69. The van der Waals surface area contributed by atoms with Crippen molar-refractivity contribution >= 4 is 40.3 Å². The fourth-order valence-corrected chi connectivity index (χ4v) is 3.67. The average molecular weight is 402 g/mol. The van der Waals surface area contributed by atoms with E-state index < -0.39 is 15.8 Å². The molecule has 134 valence electrons. The SMILES string of the molecule is COC(=O)Sc1ncnn1CC(O)(Cc1ccccc1Cl)C1(Cl)CC1. The summed E-state index contributed by atoms with van der Waals surface area (Å²) in [6.45, 7) is 0.0983. The van der Waals surface area contributed by atoms with Crippen molar-refractivity contribution in [2.75, 3.05) is 7.11 Å². The number of ether oxygens (including phenoxy) is 1. The van der Waals surface area contributed by atoms with E-state index in [2.05, 4.69) is 14.8 Å². The molecule has 1 aliphatic rings. The minimum absolute atomic E-state index is 0.0983. The number of aliphatic hydroxyl groups is 1. The molecule has 0 saturated heterocycles. The number of methoxy groups -OCH3 is 1. The second-order valence-corrected chi connectivity index (χ2v) is 8.05. The predicted octanol–water partition coefficient (Wildman–Crippen LogP) is 3.54. The third kappa shape index (κ3) is 3.95. The lowest BCUT2D eigenvalue weighted by molar-refractivity contribution is 0.00525. The molecule has 1 aliphatic carbocycles. The summed E-state index contributed by atoms with van der Waals surface area (Å²) in [7, 11) is 1.29. The highest BCUT2D eigenvalue weighted by atomic mass is 35.5. The molecule has 2 aromatic rings. The van der Waals surface area contributed by atoms with Gasteiger partial charge in [0.1, 0.15) is 11.9 Å². The Morgan fingerprint density at radius 3 is 2.84 bits per heavy atom. The molecule has 1 aromatic carbocycles. The number of nitrogens with zero attached hydrogens (tertiary/aromatic N) is 3. The molecule has 1 saturated carbocycles. The maximum absolute atomic E-state index is 11.5. The Bertz CT molecular complexity index is 781. The number of aromatic nitrogens is 3. The van der Waals surface area contributed by atoms with E-state index in [1.54, 1.807) is 6.07 Å². The van der Waals surface area contributed by atoms with Crippen molar-refractivity contribution in [3.63, 3.8) is 0 Å². The van der Waals surface area contributed by atoms with Crippen LogP contribution < -0.4 is 0 Å². The molecule has 1 fully saturated rings. The number of carbonyl (C=O) groups is 1. The van der Waals surface area contributed by atoms with Crippen LogP contribution in [0.4, 0.5) is 4.79 Å². The van der Waals surface area contributed by atoms with E-state index >= 15 is 0 Å². The van der Waals surface area contributed by atoms with Gasteiger partial charge >= 0.3 is 5.30 Å². The number of thioether (sulfide) groups is 1. The van der Waals surface area contributed by atoms with Gasteiger partial charge < -0.3 is 9.84 Å². The normalized spacial score (nSPS) is 17.8. The average Bonchev–Trinajstić information content (AvgIpc) is 3.21. The molecule has 0 amide bonds. The minimum atomic E-state index is -1.28. The van der Waals surface area contributed by atoms with Crippen LogP contribution in [-0.2, 0) is 17.7 Å². The number of benzene rings is 1. The minimum Gasteiger partial charge on any atom is -0.461 e. The summed E-state index contributed by atoms with van der Waals surface area (Å²) >= 11 is 13.7. The second kappa shape index (κ2) is 7.15. The van der Waals surface area contributed by atoms with E-state index in [0.717, 1.165) is 17.3 Å². The third-order valence-electron chi connectivity index (χ3n) is 4.30. The second-order valence-electron chi connectivity index (χ2n) is 6.02. The van der Waals surface area contributed by atoms with Crippen LogP contribution in [0.1, 0.15) is 18.4 Å². The van der Waals surface area contributed by atoms with Crippen molar-refractivity contribution in [1.29, 1.82) is 0 Å². The highest BCUT2D eigenvalue weighted by molar-refractivity contribution is 8.13. The Morgan fingerprint density at radius 2 is 2.20 bits per heavy atom. The Hall–Kier alpha value is -1.28. The van der Waals surface area contributed by atoms with E-state index in [1.165, 1.54) is 18.1 Å². The quantitative estimate of drug-likeness (QED) is 0.453. The first-order valence-corrected chi connectivity index (χ1v) is 9.22. The van der Waals surface area contributed by atoms with Crippen molar-refractivity contribution in [2.45, 2.75) is 41.4 Å². The van der Waals surface area contributed by atoms with Gasteiger partial charge in [0, 0.05) is 23.2 Å². The van der Waals surface area contributed by atoms with Gasteiger partial charge in [-0.1, -0.05) is 29.8 Å². The monoisotopic (exact) mass is 401 g/mol. The summed E-state index contributed by atoms with van der Waals surface area (Å²) in [6.07, 6.45) is 3.00. The van der Waals surface area contributed by atoms with E-state index in [-0.39, 0.29) is 13.0 Å². The summed E-state index contributed by atoms with van der Waals surface area (Å²) in [4.78, 5) is 14.8. The number of halogens is 2. The number of hydrogen-bond donors (Lipinski definition) is 1.